The molecule has 0 aliphatic carbocycles. The van der Waals surface area contributed by atoms with Crippen molar-refractivity contribution in [1.82, 2.24) is 8.75 Å². The van der Waals surface area contributed by atoms with E-state index in [0.29, 0.717) is 12.5 Å². The highest BCUT2D eigenvalue weighted by atomic mass is 32.1. The average Bonchev–Trinajstić information content (AvgIpc) is 2.86. The fourth-order valence-electron chi connectivity index (χ4n) is 1.90. The molecule has 0 N–H and O–H groups in total. The molecule has 0 saturated carbocycles. The number of hydrogen-bond acceptors (Lipinski definition) is 7. The first-order valence-corrected chi connectivity index (χ1v) is 6.90. The highest BCUT2D eigenvalue weighted by Crippen LogP contribution is 2.27. The van der Waals surface area contributed by atoms with Crippen molar-refractivity contribution < 1.29 is 14.3 Å². The average molecular weight is 271 g/mol. The van der Waals surface area contributed by atoms with Crippen molar-refractivity contribution in [3.05, 3.63) is 0 Å². The molecule has 1 aromatic heterocycles. The monoisotopic (exact) mass is 271 g/mol. The van der Waals surface area contributed by atoms with E-state index in [-0.39, 0.29) is 12.6 Å². The van der Waals surface area contributed by atoms with Gasteiger partial charge < -0.3 is 14.4 Å². The van der Waals surface area contributed by atoms with Crippen molar-refractivity contribution >= 4 is 23.5 Å². The maximum absolute atomic E-state index is 11.2. The molecule has 0 aromatic carbocycles. The predicted molar refractivity (Wildman–Crippen MR) is 68.1 cm³/mol. The molecule has 7 heteroatoms. The van der Waals surface area contributed by atoms with Crippen molar-refractivity contribution in [3.63, 3.8) is 0 Å². The minimum absolute atomic E-state index is 0.111. The Morgan fingerprint density at radius 1 is 1.33 bits per heavy atom. The summed E-state index contributed by atoms with van der Waals surface area (Å²) >= 11 is 1.11. The van der Waals surface area contributed by atoms with E-state index < -0.39 is 0 Å². The molecule has 18 heavy (non-hydrogen) atoms. The number of aromatic nitrogens is 2. The lowest BCUT2D eigenvalue weighted by Gasteiger charge is -2.26. The SMILES string of the molecule is CCOC(=O)COc1nsnc1N1CCCCC1. The minimum atomic E-state index is -0.380. The molecular weight excluding hydrogens is 254 g/mol. The molecule has 1 aliphatic rings. The zero-order valence-electron chi connectivity index (χ0n) is 10.4. The maximum Gasteiger partial charge on any atom is 0.344 e. The summed E-state index contributed by atoms with van der Waals surface area (Å²) < 4.78 is 18.5. The predicted octanol–water partition coefficient (Wildman–Crippen LogP) is 1.47. The summed E-state index contributed by atoms with van der Waals surface area (Å²) in [5, 5.41) is 0. The molecule has 0 radical (unpaired) electrons. The zero-order chi connectivity index (χ0) is 12.8. The van der Waals surface area contributed by atoms with Gasteiger partial charge in [0, 0.05) is 13.1 Å². The fraction of sp³-hybridized carbons (Fsp3) is 0.727. The summed E-state index contributed by atoms with van der Waals surface area (Å²) in [4.78, 5) is 13.4. The van der Waals surface area contributed by atoms with E-state index in [4.69, 9.17) is 9.47 Å². The Morgan fingerprint density at radius 3 is 2.83 bits per heavy atom. The van der Waals surface area contributed by atoms with Crippen molar-refractivity contribution in [2.45, 2.75) is 26.2 Å². The van der Waals surface area contributed by atoms with Gasteiger partial charge in [0.15, 0.2) is 6.61 Å². The van der Waals surface area contributed by atoms with Gasteiger partial charge in [-0.15, -0.1) is 4.37 Å². The van der Waals surface area contributed by atoms with Crippen molar-refractivity contribution in [3.8, 4) is 5.88 Å². The van der Waals surface area contributed by atoms with Gasteiger partial charge in [0.25, 0.3) is 5.88 Å². The van der Waals surface area contributed by atoms with E-state index in [1.807, 2.05) is 0 Å². The van der Waals surface area contributed by atoms with Gasteiger partial charge in [-0.25, -0.2) is 4.79 Å². The number of carbonyl (C=O) groups excluding carboxylic acids is 1. The van der Waals surface area contributed by atoms with Gasteiger partial charge in [0.05, 0.1) is 18.3 Å². The van der Waals surface area contributed by atoms with Crippen LogP contribution in [0.2, 0.25) is 0 Å². The van der Waals surface area contributed by atoms with Crippen LogP contribution >= 0.6 is 11.7 Å². The molecule has 100 valence electrons. The lowest BCUT2D eigenvalue weighted by molar-refractivity contribution is -0.145. The quantitative estimate of drug-likeness (QED) is 0.756. The molecule has 6 nitrogen and oxygen atoms in total. The first kappa shape index (κ1) is 13.1. The van der Waals surface area contributed by atoms with Crippen LogP contribution in [-0.2, 0) is 9.53 Å². The van der Waals surface area contributed by atoms with E-state index in [2.05, 4.69) is 13.6 Å². The number of anilines is 1. The Hall–Kier alpha value is -1.37. The lowest BCUT2D eigenvalue weighted by atomic mass is 10.1. The van der Waals surface area contributed by atoms with Crippen LogP contribution in [0, 0.1) is 0 Å². The number of hydrogen-bond donors (Lipinski definition) is 0. The van der Waals surface area contributed by atoms with Gasteiger partial charge in [-0.2, -0.15) is 4.37 Å². The van der Waals surface area contributed by atoms with E-state index >= 15 is 0 Å². The molecule has 1 fully saturated rings. The van der Waals surface area contributed by atoms with Crippen LogP contribution in [0.25, 0.3) is 0 Å². The van der Waals surface area contributed by atoms with Crippen molar-refractivity contribution in [1.29, 1.82) is 0 Å². The standard InChI is InChI=1S/C11H17N3O3S/c1-2-16-9(15)8-17-11-10(12-18-13-11)14-6-4-3-5-7-14/h2-8H2,1H3. The van der Waals surface area contributed by atoms with Crippen LogP contribution in [0.3, 0.4) is 0 Å². The Balaban J connectivity index is 1.92. The summed E-state index contributed by atoms with van der Waals surface area (Å²) in [7, 11) is 0. The van der Waals surface area contributed by atoms with Crippen molar-refractivity contribution in [2.24, 2.45) is 0 Å². The van der Waals surface area contributed by atoms with Crippen molar-refractivity contribution in [2.75, 3.05) is 31.2 Å². The Labute approximate surface area is 110 Å². The third-order valence-corrected chi connectivity index (χ3v) is 3.23. The summed E-state index contributed by atoms with van der Waals surface area (Å²) in [6.07, 6.45) is 3.58. The second kappa shape index (κ2) is 6.53. The lowest BCUT2D eigenvalue weighted by Crippen LogP contribution is -2.30. The minimum Gasteiger partial charge on any atom is -0.463 e. The fourth-order valence-corrected chi connectivity index (χ4v) is 2.42. The zero-order valence-corrected chi connectivity index (χ0v) is 11.2. The largest absolute Gasteiger partial charge is 0.463 e. The van der Waals surface area contributed by atoms with Gasteiger partial charge in [0.1, 0.15) is 0 Å². The Kier molecular flexibility index (Phi) is 4.74. The normalized spacial score (nSPS) is 15.5. The van der Waals surface area contributed by atoms with Crippen LogP contribution in [-0.4, -0.2) is 41.0 Å². The number of nitrogens with zero attached hydrogens (tertiary/aromatic N) is 3. The number of carbonyl (C=O) groups is 1. The number of piperidine rings is 1. The smallest absolute Gasteiger partial charge is 0.344 e. The summed E-state index contributed by atoms with van der Waals surface area (Å²) in [6, 6.07) is 0. The van der Waals surface area contributed by atoms with Gasteiger partial charge in [0.2, 0.25) is 5.82 Å². The first-order valence-electron chi connectivity index (χ1n) is 6.17. The Bertz CT molecular complexity index is 391. The second-order valence-corrected chi connectivity index (χ2v) is 4.56. The molecule has 2 rings (SSSR count). The summed E-state index contributed by atoms with van der Waals surface area (Å²) in [5.74, 6) is 0.814. The third kappa shape index (κ3) is 3.32. The third-order valence-electron chi connectivity index (χ3n) is 2.73. The second-order valence-electron chi connectivity index (χ2n) is 4.03. The first-order chi connectivity index (χ1) is 8.81. The molecule has 1 saturated heterocycles. The van der Waals surface area contributed by atoms with Crippen LogP contribution < -0.4 is 9.64 Å². The number of ether oxygens (including phenoxy) is 2. The van der Waals surface area contributed by atoms with Crippen LogP contribution in [0.1, 0.15) is 26.2 Å². The summed E-state index contributed by atoms with van der Waals surface area (Å²) in [6.45, 7) is 3.96. The Morgan fingerprint density at radius 2 is 2.11 bits per heavy atom. The van der Waals surface area contributed by atoms with Gasteiger partial charge in [-0.3, -0.25) is 0 Å². The highest BCUT2D eigenvalue weighted by molar-refractivity contribution is 6.99. The summed E-state index contributed by atoms with van der Waals surface area (Å²) in [5.41, 5.74) is 0. The molecule has 0 atom stereocenters. The van der Waals surface area contributed by atoms with E-state index in [1.165, 1.54) is 6.42 Å². The number of rotatable bonds is 5. The molecular formula is C11H17N3O3S. The molecule has 0 amide bonds. The molecule has 0 bridgehead atoms. The van der Waals surface area contributed by atoms with Crippen LogP contribution in [0.5, 0.6) is 5.88 Å². The van der Waals surface area contributed by atoms with Gasteiger partial charge in [-0.05, 0) is 26.2 Å². The van der Waals surface area contributed by atoms with E-state index in [0.717, 1.165) is 43.5 Å². The molecule has 0 unspecified atom stereocenters. The molecule has 0 spiro atoms. The highest BCUT2D eigenvalue weighted by Gasteiger charge is 2.20. The molecule has 1 aromatic rings. The van der Waals surface area contributed by atoms with Gasteiger partial charge in [-0.1, -0.05) is 0 Å². The van der Waals surface area contributed by atoms with Gasteiger partial charge >= 0.3 is 5.97 Å². The molecule has 1 aliphatic heterocycles. The van der Waals surface area contributed by atoms with Crippen LogP contribution in [0.15, 0.2) is 0 Å². The molecule has 2 heterocycles. The van der Waals surface area contributed by atoms with E-state index in [1.54, 1.807) is 6.92 Å². The van der Waals surface area contributed by atoms with E-state index in [9.17, 15) is 4.79 Å². The maximum atomic E-state index is 11.2. The number of esters is 1. The van der Waals surface area contributed by atoms with Crippen LogP contribution in [0.4, 0.5) is 5.82 Å². The topological polar surface area (TPSA) is 64.5 Å².